The minimum Gasteiger partial charge on any atom is -0.333 e. The van der Waals surface area contributed by atoms with Crippen molar-refractivity contribution in [3.05, 3.63) is 95.9 Å². The van der Waals surface area contributed by atoms with Gasteiger partial charge in [0, 0.05) is 30.9 Å². The third-order valence-electron chi connectivity index (χ3n) is 4.60. The summed E-state index contributed by atoms with van der Waals surface area (Å²) in [5.74, 6) is -0.0693. The minimum absolute atomic E-state index is 0.0693. The van der Waals surface area contributed by atoms with Crippen molar-refractivity contribution in [2.24, 2.45) is 0 Å². The predicted molar refractivity (Wildman–Crippen MR) is 105 cm³/mol. The first kappa shape index (κ1) is 17.0. The van der Waals surface area contributed by atoms with Crippen molar-refractivity contribution in [3.8, 4) is 0 Å². The number of H-pyrrole nitrogens is 1. The Bertz CT molecular complexity index is 1030. The fraction of sp³-hybridized carbons (Fsp3) is 0.136. The van der Waals surface area contributed by atoms with Gasteiger partial charge in [0.05, 0.1) is 5.52 Å². The molecule has 2 aromatic heterocycles. The average molecular weight is 356 g/mol. The topological polar surface area (TPSA) is 61.9 Å². The Morgan fingerprint density at radius 1 is 0.889 bits per heavy atom. The number of nitrogens with zero attached hydrogens (tertiary/aromatic N) is 3. The lowest BCUT2D eigenvalue weighted by Crippen LogP contribution is -2.33. The van der Waals surface area contributed by atoms with Crippen LogP contribution in [0.15, 0.2) is 79.1 Å². The van der Waals surface area contributed by atoms with Gasteiger partial charge in [0.25, 0.3) is 5.91 Å². The predicted octanol–water partition coefficient (Wildman–Crippen LogP) is 3.84. The Morgan fingerprint density at radius 3 is 2.44 bits per heavy atom. The average Bonchev–Trinajstić information content (AvgIpc) is 3.16. The van der Waals surface area contributed by atoms with E-state index in [0.717, 1.165) is 22.9 Å². The molecule has 0 spiro atoms. The van der Waals surface area contributed by atoms with E-state index in [1.807, 2.05) is 59.5 Å². The van der Waals surface area contributed by atoms with Gasteiger partial charge in [-0.3, -0.25) is 14.9 Å². The van der Waals surface area contributed by atoms with Gasteiger partial charge >= 0.3 is 0 Å². The summed E-state index contributed by atoms with van der Waals surface area (Å²) in [6.45, 7) is 1.14. The number of benzene rings is 2. The molecule has 0 radical (unpaired) electrons. The zero-order chi connectivity index (χ0) is 18.5. The van der Waals surface area contributed by atoms with E-state index in [-0.39, 0.29) is 5.91 Å². The Morgan fingerprint density at radius 2 is 1.63 bits per heavy atom. The maximum absolute atomic E-state index is 13.3. The largest absolute Gasteiger partial charge is 0.333 e. The van der Waals surface area contributed by atoms with Crippen LogP contribution in [0.2, 0.25) is 0 Å². The standard InChI is InChI=1S/C22H20N4O/c27-22(21-19-8-4-5-9-20(19)24-25-21)26(16-18-10-13-23-14-11-18)15-12-17-6-2-1-3-7-17/h1-11,13-14H,12,15-16H2,(H,24,25). The number of hydrogen-bond donors (Lipinski definition) is 1. The Hall–Kier alpha value is -3.47. The van der Waals surface area contributed by atoms with E-state index in [2.05, 4.69) is 27.3 Å². The quantitative estimate of drug-likeness (QED) is 0.571. The first-order valence-electron chi connectivity index (χ1n) is 8.96. The molecule has 4 aromatic rings. The normalized spacial score (nSPS) is 10.8. The van der Waals surface area contributed by atoms with Crippen molar-refractivity contribution in [3.63, 3.8) is 0 Å². The number of carbonyl (C=O) groups is 1. The molecule has 1 N–H and O–H groups in total. The first-order valence-corrected chi connectivity index (χ1v) is 8.96. The van der Waals surface area contributed by atoms with Crippen LogP contribution in [-0.4, -0.2) is 32.5 Å². The molecule has 0 atom stereocenters. The summed E-state index contributed by atoms with van der Waals surface area (Å²) in [6, 6.07) is 21.8. The molecule has 0 saturated carbocycles. The molecule has 1 amide bonds. The van der Waals surface area contributed by atoms with Crippen LogP contribution in [0.3, 0.4) is 0 Å². The van der Waals surface area contributed by atoms with E-state index in [9.17, 15) is 4.79 Å². The highest BCUT2D eigenvalue weighted by Gasteiger charge is 2.21. The summed E-state index contributed by atoms with van der Waals surface area (Å²) >= 11 is 0. The van der Waals surface area contributed by atoms with Gasteiger partial charge < -0.3 is 4.90 Å². The van der Waals surface area contributed by atoms with Gasteiger partial charge in [0.15, 0.2) is 5.69 Å². The first-order chi connectivity index (χ1) is 13.3. The van der Waals surface area contributed by atoms with Crippen molar-refractivity contribution in [2.45, 2.75) is 13.0 Å². The van der Waals surface area contributed by atoms with Gasteiger partial charge in [0.1, 0.15) is 0 Å². The lowest BCUT2D eigenvalue weighted by atomic mass is 10.1. The van der Waals surface area contributed by atoms with Gasteiger partial charge in [-0.05, 0) is 35.7 Å². The molecule has 0 aliphatic rings. The van der Waals surface area contributed by atoms with Crippen LogP contribution in [-0.2, 0) is 13.0 Å². The van der Waals surface area contributed by atoms with E-state index < -0.39 is 0 Å². The van der Waals surface area contributed by atoms with Crippen LogP contribution in [0, 0.1) is 0 Å². The van der Waals surface area contributed by atoms with Gasteiger partial charge in [-0.2, -0.15) is 5.10 Å². The number of aromatic amines is 1. The molecular weight excluding hydrogens is 336 g/mol. The number of carbonyl (C=O) groups excluding carboxylic acids is 1. The van der Waals surface area contributed by atoms with E-state index in [1.54, 1.807) is 12.4 Å². The van der Waals surface area contributed by atoms with E-state index in [1.165, 1.54) is 5.56 Å². The molecule has 0 fully saturated rings. The highest BCUT2D eigenvalue weighted by molar-refractivity contribution is 6.04. The smallest absolute Gasteiger partial charge is 0.275 e. The molecule has 134 valence electrons. The van der Waals surface area contributed by atoms with Crippen LogP contribution in [0.25, 0.3) is 10.9 Å². The molecule has 2 aromatic carbocycles. The monoisotopic (exact) mass is 356 g/mol. The summed E-state index contributed by atoms with van der Waals surface area (Å²) in [7, 11) is 0. The number of amides is 1. The van der Waals surface area contributed by atoms with Crippen LogP contribution >= 0.6 is 0 Å². The number of aromatic nitrogens is 3. The maximum Gasteiger partial charge on any atom is 0.275 e. The summed E-state index contributed by atoms with van der Waals surface area (Å²) in [5, 5.41) is 8.09. The molecule has 0 unspecified atom stereocenters. The second-order valence-electron chi connectivity index (χ2n) is 6.44. The molecule has 0 saturated heterocycles. The van der Waals surface area contributed by atoms with E-state index in [0.29, 0.717) is 18.8 Å². The third kappa shape index (κ3) is 3.87. The van der Waals surface area contributed by atoms with Crippen LogP contribution in [0.1, 0.15) is 21.6 Å². The molecule has 2 heterocycles. The Balaban J connectivity index is 1.60. The molecule has 5 nitrogen and oxygen atoms in total. The summed E-state index contributed by atoms with van der Waals surface area (Å²) < 4.78 is 0. The number of fused-ring (bicyclic) bond motifs is 1. The molecule has 0 aliphatic heterocycles. The zero-order valence-corrected chi connectivity index (χ0v) is 14.9. The fourth-order valence-electron chi connectivity index (χ4n) is 3.15. The summed E-state index contributed by atoms with van der Waals surface area (Å²) in [4.78, 5) is 19.2. The van der Waals surface area contributed by atoms with Crippen LogP contribution in [0.5, 0.6) is 0 Å². The van der Waals surface area contributed by atoms with Crippen molar-refractivity contribution < 1.29 is 4.79 Å². The lowest BCUT2D eigenvalue weighted by molar-refractivity contribution is 0.0741. The number of pyridine rings is 1. The van der Waals surface area contributed by atoms with E-state index >= 15 is 0 Å². The molecule has 0 aliphatic carbocycles. The Labute approximate surface area is 157 Å². The number of nitrogens with one attached hydrogen (secondary N) is 1. The zero-order valence-electron chi connectivity index (χ0n) is 14.9. The number of hydrogen-bond acceptors (Lipinski definition) is 3. The van der Waals surface area contributed by atoms with Gasteiger partial charge in [0.2, 0.25) is 0 Å². The SMILES string of the molecule is O=C(c1n[nH]c2ccccc12)N(CCc1ccccc1)Cc1ccncc1. The highest BCUT2D eigenvalue weighted by atomic mass is 16.2. The number of rotatable bonds is 6. The summed E-state index contributed by atoms with van der Waals surface area (Å²) in [6.07, 6.45) is 4.29. The molecule has 4 rings (SSSR count). The molecule has 5 heteroatoms. The van der Waals surface area contributed by atoms with Crippen molar-refractivity contribution in [2.75, 3.05) is 6.54 Å². The maximum atomic E-state index is 13.3. The Kier molecular flexibility index (Phi) is 4.92. The van der Waals surface area contributed by atoms with Crippen LogP contribution in [0.4, 0.5) is 0 Å². The molecule has 27 heavy (non-hydrogen) atoms. The highest BCUT2D eigenvalue weighted by Crippen LogP contribution is 2.18. The number of para-hydroxylation sites is 1. The van der Waals surface area contributed by atoms with Gasteiger partial charge in [-0.25, -0.2) is 0 Å². The van der Waals surface area contributed by atoms with Gasteiger partial charge in [-0.1, -0.05) is 48.5 Å². The molecular formula is C22H20N4O. The second-order valence-corrected chi connectivity index (χ2v) is 6.44. The minimum atomic E-state index is -0.0693. The summed E-state index contributed by atoms with van der Waals surface area (Å²) in [5.41, 5.74) is 3.59. The second kappa shape index (κ2) is 7.83. The van der Waals surface area contributed by atoms with Gasteiger partial charge in [-0.15, -0.1) is 0 Å². The lowest BCUT2D eigenvalue weighted by Gasteiger charge is -2.22. The van der Waals surface area contributed by atoms with Crippen molar-refractivity contribution >= 4 is 16.8 Å². The molecule has 0 bridgehead atoms. The third-order valence-corrected chi connectivity index (χ3v) is 4.60. The van der Waals surface area contributed by atoms with Crippen molar-refractivity contribution in [1.29, 1.82) is 0 Å². The van der Waals surface area contributed by atoms with E-state index in [4.69, 9.17) is 0 Å². The van der Waals surface area contributed by atoms with Crippen LogP contribution < -0.4 is 0 Å². The fourth-order valence-corrected chi connectivity index (χ4v) is 3.15. The van der Waals surface area contributed by atoms with Crippen molar-refractivity contribution in [1.82, 2.24) is 20.1 Å².